The molecule has 36 heavy (non-hydrogen) atoms. The number of esters is 1. The van der Waals surface area contributed by atoms with Gasteiger partial charge in [0.2, 0.25) is 5.82 Å². The minimum absolute atomic E-state index is 0.157. The summed E-state index contributed by atoms with van der Waals surface area (Å²) >= 11 is 0. The fourth-order valence-electron chi connectivity index (χ4n) is 4.42. The van der Waals surface area contributed by atoms with E-state index >= 15 is 0 Å². The predicted molar refractivity (Wildman–Crippen MR) is 141 cm³/mol. The van der Waals surface area contributed by atoms with Gasteiger partial charge < -0.3 is 13.8 Å². The van der Waals surface area contributed by atoms with Crippen molar-refractivity contribution in [3.63, 3.8) is 0 Å². The molecule has 5 rings (SSSR count). The highest BCUT2D eigenvalue weighted by Gasteiger charge is 2.18. The van der Waals surface area contributed by atoms with Crippen LogP contribution in [0.25, 0.3) is 44.9 Å². The normalized spacial score (nSPS) is 11.7. The molecule has 5 aromatic rings. The van der Waals surface area contributed by atoms with Crippen LogP contribution in [0, 0.1) is 13.8 Å². The van der Waals surface area contributed by atoms with Crippen LogP contribution in [0.2, 0.25) is 0 Å². The zero-order chi connectivity index (χ0) is 25.4. The van der Waals surface area contributed by atoms with Gasteiger partial charge in [-0.3, -0.25) is 4.79 Å². The Morgan fingerprint density at radius 1 is 0.917 bits per heavy atom. The molecule has 0 fully saturated rings. The first-order valence-corrected chi connectivity index (χ1v) is 12.0. The van der Waals surface area contributed by atoms with Crippen molar-refractivity contribution in [3.05, 3.63) is 84.1 Å². The van der Waals surface area contributed by atoms with Gasteiger partial charge in [-0.25, -0.2) is 0 Å². The Morgan fingerprint density at radius 3 is 2.42 bits per heavy atom. The molecule has 0 bridgehead atoms. The van der Waals surface area contributed by atoms with E-state index in [1.807, 2.05) is 61.9 Å². The third-order valence-corrected chi connectivity index (χ3v) is 6.08. The predicted octanol–water partition coefficient (Wildman–Crippen LogP) is 6.98. The van der Waals surface area contributed by atoms with Crippen molar-refractivity contribution in [2.75, 3.05) is 0 Å². The maximum Gasteiger partial charge on any atom is 0.326 e. The van der Waals surface area contributed by atoms with Crippen molar-refractivity contribution in [1.29, 1.82) is 0 Å². The summed E-state index contributed by atoms with van der Waals surface area (Å²) in [6.07, 6.45) is 1.89. The fourth-order valence-corrected chi connectivity index (χ4v) is 4.42. The number of nitrogens with zero attached hydrogens (tertiary/aromatic N) is 3. The molecule has 0 N–H and O–H groups in total. The number of carbonyl (C=O) groups excluding carboxylic acids is 1. The Kier molecular flexibility index (Phi) is 5.96. The standard InChI is InChI=1S/C30H29N3O3/c1-19-8-6-7-9-24(19)25-12-10-23(16-20(25)2)29-31-28(32-36-29)22-11-13-26-21(17-22)14-15-33(26)18-27(34)35-30(3,4)5/h6-17H,18H2,1-5H3. The molecular weight excluding hydrogens is 450 g/mol. The number of fused-ring (bicyclic) bond motifs is 1. The first-order chi connectivity index (χ1) is 17.2. The van der Waals surface area contributed by atoms with Gasteiger partial charge in [-0.15, -0.1) is 0 Å². The molecule has 0 amide bonds. The SMILES string of the molecule is Cc1ccccc1-c1ccc(-c2nc(-c3ccc4c(ccn4CC(=O)OC(C)(C)C)c3)no2)cc1C. The Labute approximate surface area is 210 Å². The molecule has 0 aliphatic carbocycles. The average Bonchev–Trinajstić information content (AvgIpc) is 3.46. The van der Waals surface area contributed by atoms with Crippen LogP contribution in [0.1, 0.15) is 31.9 Å². The van der Waals surface area contributed by atoms with E-state index in [1.54, 1.807) is 0 Å². The molecule has 0 atom stereocenters. The van der Waals surface area contributed by atoms with Crippen LogP contribution in [-0.4, -0.2) is 26.3 Å². The van der Waals surface area contributed by atoms with Crippen LogP contribution in [-0.2, 0) is 16.1 Å². The van der Waals surface area contributed by atoms with Crippen molar-refractivity contribution < 1.29 is 14.1 Å². The smallest absolute Gasteiger partial charge is 0.326 e. The second-order valence-electron chi connectivity index (χ2n) is 10.1. The van der Waals surface area contributed by atoms with Gasteiger partial charge in [0.15, 0.2) is 0 Å². The lowest BCUT2D eigenvalue weighted by Crippen LogP contribution is -2.26. The van der Waals surface area contributed by atoms with Crippen molar-refractivity contribution in [1.82, 2.24) is 14.7 Å². The molecule has 0 saturated carbocycles. The van der Waals surface area contributed by atoms with E-state index in [0.29, 0.717) is 11.7 Å². The van der Waals surface area contributed by atoms with Crippen LogP contribution in [0.5, 0.6) is 0 Å². The van der Waals surface area contributed by atoms with E-state index in [4.69, 9.17) is 9.26 Å². The quantitative estimate of drug-likeness (QED) is 0.254. The van der Waals surface area contributed by atoms with Crippen LogP contribution >= 0.6 is 0 Å². The van der Waals surface area contributed by atoms with Gasteiger partial charge in [-0.2, -0.15) is 4.98 Å². The van der Waals surface area contributed by atoms with E-state index in [1.165, 1.54) is 16.7 Å². The molecule has 0 spiro atoms. The van der Waals surface area contributed by atoms with E-state index in [0.717, 1.165) is 27.6 Å². The summed E-state index contributed by atoms with van der Waals surface area (Å²) in [5.74, 6) is 0.732. The van der Waals surface area contributed by atoms with Crippen LogP contribution in [0.3, 0.4) is 0 Å². The molecule has 182 valence electrons. The molecule has 0 aliphatic rings. The number of hydrogen-bond acceptors (Lipinski definition) is 5. The number of aryl methyl sites for hydroxylation is 2. The number of carbonyl (C=O) groups is 1. The largest absolute Gasteiger partial charge is 0.459 e. The third-order valence-electron chi connectivity index (χ3n) is 6.08. The monoisotopic (exact) mass is 479 g/mol. The lowest BCUT2D eigenvalue weighted by molar-refractivity contribution is -0.155. The van der Waals surface area contributed by atoms with Crippen molar-refractivity contribution in [2.45, 2.75) is 46.8 Å². The maximum absolute atomic E-state index is 12.3. The van der Waals surface area contributed by atoms with Gasteiger partial charge in [0.1, 0.15) is 12.1 Å². The molecule has 6 heteroatoms. The van der Waals surface area contributed by atoms with Gasteiger partial charge in [-0.05, 0) is 93.3 Å². The summed E-state index contributed by atoms with van der Waals surface area (Å²) in [5.41, 5.74) is 6.96. The fraction of sp³-hybridized carbons (Fsp3) is 0.233. The van der Waals surface area contributed by atoms with Crippen molar-refractivity contribution in [3.8, 4) is 34.0 Å². The zero-order valence-electron chi connectivity index (χ0n) is 21.2. The molecule has 3 aromatic carbocycles. The highest BCUT2D eigenvalue weighted by molar-refractivity contribution is 5.86. The number of aromatic nitrogens is 3. The number of benzene rings is 3. The Bertz CT molecular complexity index is 1570. The summed E-state index contributed by atoms with van der Waals surface area (Å²) in [4.78, 5) is 16.9. The van der Waals surface area contributed by atoms with Gasteiger partial charge in [0, 0.05) is 28.2 Å². The molecule has 2 heterocycles. The lowest BCUT2D eigenvalue weighted by Gasteiger charge is -2.19. The topological polar surface area (TPSA) is 70.2 Å². The first kappa shape index (κ1) is 23.5. The number of hydrogen-bond donors (Lipinski definition) is 0. The average molecular weight is 480 g/mol. The Balaban J connectivity index is 1.38. The van der Waals surface area contributed by atoms with Gasteiger partial charge in [0.25, 0.3) is 5.89 Å². The maximum atomic E-state index is 12.3. The highest BCUT2D eigenvalue weighted by atomic mass is 16.6. The molecule has 0 radical (unpaired) electrons. The van der Waals surface area contributed by atoms with E-state index < -0.39 is 5.60 Å². The lowest BCUT2D eigenvalue weighted by atomic mass is 9.95. The highest BCUT2D eigenvalue weighted by Crippen LogP contribution is 2.31. The Morgan fingerprint density at radius 2 is 1.67 bits per heavy atom. The minimum Gasteiger partial charge on any atom is -0.459 e. The van der Waals surface area contributed by atoms with E-state index in [2.05, 4.69) is 60.4 Å². The molecule has 6 nitrogen and oxygen atoms in total. The summed E-state index contributed by atoms with van der Waals surface area (Å²) in [6, 6.07) is 22.5. The van der Waals surface area contributed by atoms with E-state index in [9.17, 15) is 4.79 Å². The van der Waals surface area contributed by atoms with Crippen LogP contribution in [0.4, 0.5) is 0 Å². The molecular formula is C30H29N3O3. The molecule has 0 saturated heterocycles. The zero-order valence-corrected chi connectivity index (χ0v) is 21.2. The van der Waals surface area contributed by atoms with Crippen LogP contribution < -0.4 is 0 Å². The van der Waals surface area contributed by atoms with E-state index in [-0.39, 0.29) is 12.5 Å². The first-order valence-electron chi connectivity index (χ1n) is 12.0. The number of rotatable bonds is 5. The molecule has 2 aromatic heterocycles. The second-order valence-corrected chi connectivity index (χ2v) is 10.1. The summed E-state index contributed by atoms with van der Waals surface area (Å²) in [5, 5.41) is 5.21. The Hall–Kier alpha value is -4.19. The summed E-state index contributed by atoms with van der Waals surface area (Å²) < 4.78 is 13.0. The summed E-state index contributed by atoms with van der Waals surface area (Å²) in [7, 11) is 0. The van der Waals surface area contributed by atoms with Gasteiger partial charge in [-0.1, -0.05) is 35.5 Å². The third kappa shape index (κ3) is 4.80. The van der Waals surface area contributed by atoms with Gasteiger partial charge >= 0.3 is 5.97 Å². The van der Waals surface area contributed by atoms with Crippen LogP contribution in [0.15, 0.2) is 77.4 Å². The van der Waals surface area contributed by atoms with Crippen molar-refractivity contribution in [2.24, 2.45) is 0 Å². The molecule has 0 aliphatic heterocycles. The minimum atomic E-state index is -0.511. The summed E-state index contributed by atoms with van der Waals surface area (Å²) in [6.45, 7) is 9.97. The second kappa shape index (κ2) is 9.11. The van der Waals surface area contributed by atoms with Gasteiger partial charge in [0.05, 0.1) is 0 Å². The molecule has 0 unspecified atom stereocenters. The van der Waals surface area contributed by atoms with Crippen molar-refractivity contribution >= 4 is 16.9 Å². The number of ether oxygens (including phenoxy) is 1.